The zero-order valence-electron chi connectivity index (χ0n) is 12.0. The van der Waals surface area contributed by atoms with Gasteiger partial charge in [-0.3, -0.25) is 4.98 Å². The van der Waals surface area contributed by atoms with Crippen LogP contribution in [0.3, 0.4) is 0 Å². The maximum atomic E-state index is 5.24. The van der Waals surface area contributed by atoms with E-state index in [1.54, 1.807) is 12.4 Å². The molecule has 0 atom stereocenters. The number of benzene rings is 1. The van der Waals surface area contributed by atoms with Crippen molar-refractivity contribution >= 4 is 34.8 Å². The predicted octanol–water partition coefficient (Wildman–Crippen LogP) is 3.61. The van der Waals surface area contributed by atoms with E-state index in [-0.39, 0.29) is 0 Å². The van der Waals surface area contributed by atoms with E-state index in [2.05, 4.69) is 46.8 Å². The summed E-state index contributed by atoms with van der Waals surface area (Å²) in [7, 11) is 0. The van der Waals surface area contributed by atoms with Crippen LogP contribution in [0, 0.1) is 6.92 Å². The molecule has 5 heteroatoms. The third kappa shape index (κ3) is 6.14. The van der Waals surface area contributed by atoms with Gasteiger partial charge in [0.1, 0.15) is 0 Å². The zero-order valence-corrected chi connectivity index (χ0v) is 13.6. The second kappa shape index (κ2) is 8.64. The van der Waals surface area contributed by atoms with Gasteiger partial charge in [0.2, 0.25) is 0 Å². The van der Waals surface area contributed by atoms with Crippen LogP contribution < -0.4 is 10.6 Å². The molecule has 1 aromatic heterocycles. The van der Waals surface area contributed by atoms with Crippen LogP contribution in [0.15, 0.2) is 48.8 Å². The third-order valence-electron chi connectivity index (χ3n) is 2.80. The lowest BCUT2D eigenvalue weighted by atomic mass is 10.2. The highest BCUT2D eigenvalue weighted by atomic mass is 32.2. The van der Waals surface area contributed by atoms with E-state index in [0.29, 0.717) is 5.11 Å². The fraction of sp³-hybridized carbons (Fsp3) is 0.250. The second-order valence-corrected chi connectivity index (χ2v) is 6.18. The van der Waals surface area contributed by atoms with Gasteiger partial charge in [-0.2, -0.15) is 11.8 Å². The number of rotatable bonds is 6. The molecule has 0 saturated heterocycles. The van der Waals surface area contributed by atoms with Gasteiger partial charge in [0, 0.05) is 24.2 Å². The Morgan fingerprint density at radius 1 is 1.29 bits per heavy atom. The van der Waals surface area contributed by atoms with Gasteiger partial charge in [0.05, 0.1) is 11.9 Å². The fourth-order valence-electron chi connectivity index (χ4n) is 1.84. The van der Waals surface area contributed by atoms with E-state index in [0.717, 1.165) is 23.7 Å². The lowest BCUT2D eigenvalue weighted by Gasteiger charge is -2.10. The van der Waals surface area contributed by atoms with Crippen LogP contribution in [0.1, 0.15) is 11.1 Å². The van der Waals surface area contributed by atoms with Crippen LogP contribution in [0.25, 0.3) is 0 Å². The normalized spacial score (nSPS) is 10.1. The van der Waals surface area contributed by atoms with E-state index < -0.39 is 0 Å². The van der Waals surface area contributed by atoms with Crippen molar-refractivity contribution < 1.29 is 0 Å². The molecule has 3 nitrogen and oxygen atoms in total. The first-order valence-corrected chi connectivity index (χ1v) is 8.38. The van der Waals surface area contributed by atoms with Gasteiger partial charge in [0.15, 0.2) is 5.11 Å². The lowest BCUT2D eigenvalue weighted by molar-refractivity contribution is 0.989. The minimum absolute atomic E-state index is 0.638. The van der Waals surface area contributed by atoms with Crippen molar-refractivity contribution in [2.24, 2.45) is 0 Å². The van der Waals surface area contributed by atoms with Crippen molar-refractivity contribution in [3.05, 3.63) is 59.9 Å². The Hall–Kier alpha value is -1.59. The first-order valence-electron chi connectivity index (χ1n) is 6.82. The molecule has 21 heavy (non-hydrogen) atoms. The van der Waals surface area contributed by atoms with Crippen molar-refractivity contribution in [2.45, 2.75) is 12.7 Å². The highest BCUT2D eigenvalue weighted by molar-refractivity contribution is 7.98. The van der Waals surface area contributed by atoms with E-state index in [4.69, 9.17) is 12.2 Å². The average molecular weight is 317 g/mol. The number of hydrogen-bond donors (Lipinski definition) is 2. The van der Waals surface area contributed by atoms with Gasteiger partial charge < -0.3 is 10.6 Å². The molecule has 0 unspecified atom stereocenters. The number of aryl methyl sites for hydroxylation is 1. The number of nitrogens with zero attached hydrogens (tertiary/aromatic N) is 1. The largest absolute Gasteiger partial charge is 0.362 e. The van der Waals surface area contributed by atoms with Crippen LogP contribution in [0.5, 0.6) is 0 Å². The van der Waals surface area contributed by atoms with E-state index >= 15 is 0 Å². The lowest BCUT2D eigenvalue weighted by Crippen LogP contribution is -2.30. The fourth-order valence-corrected chi connectivity index (χ4v) is 2.87. The summed E-state index contributed by atoms with van der Waals surface area (Å²) >= 11 is 7.14. The van der Waals surface area contributed by atoms with E-state index in [9.17, 15) is 0 Å². The average Bonchev–Trinajstić information content (AvgIpc) is 2.48. The van der Waals surface area contributed by atoms with Crippen LogP contribution >= 0.6 is 24.0 Å². The Kier molecular flexibility index (Phi) is 6.50. The highest BCUT2D eigenvalue weighted by Gasteiger charge is 1.98. The summed E-state index contributed by atoms with van der Waals surface area (Å²) in [4.78, 5) is 4.03. The molecule has 0 radical (unpaired) electrons. The summed E-state index contributed by atoms with van der Waals surface area (Å²) in [5, 5.41) is 6.95. The van der Waals surface area contributed by atoms with Crippen molar-refractivity contribution in [1.82, 2.24) is 10.3 Å². The number of pyridine rings is 1. The molecule has 2 aromatic rings. The quantitative estimate of drug-likeness (QED) is 0.629. The third-order valence-corrected chi connectivity index (χ3v) is 4.08. The maximum absolute atomic E-state index is 5.24. The summed E-state index contributed by atoms with van der Waals surface area (Å²) in [6.45, 7) is 2.97. The minimum atomic E-state index is 0.638. The van der Waals surface area contributed by atoms with Gasteiger partial charge >= 0.3 is 0 Å². The van der Waals surface area contributed by atoms with Crippen LogP contribution in [-0.2, 0) is 5.75 Å². The molecule has 0 aliphatic carbocycles. The first kappa shape index (κ1) is 15.8. The predicted molar refractivity (Wildman–Crippen MR) is 95.8 cm³/mol. The summed E-state index contributed by atoms with van der Waals surface area (Å²) < 4.78 is 0. The Bertz CT molecular complexity index is 573. The standard InChI is InChI=1S/C16H19N3S2/c1-13-4-2-5-14(10-13)12-21-9-8-18-16(20)19-15-6-3-7-17-11-15/h2-7,10-11H,8-9,12H2,1H3,(H2,18,19,20). The molecule has 0 bridgehead atoms. The molecule has 0 amide bonds. The molecular weight excluding hydrogens is 298 g/mol. The maximum Gasteiger partial charge on any atom is 0.170 e. The Morgan fingerprint density at radius 2 is 2.19 bits per heavy atom. The number of anilines is 1. The van der Waals surface area contributed by atoms with Gasteiger partial charge in [0.25, 0.3) is 0 Å². The van der Waals surface area contributed by atoms with Crippen LogP contribution in [0.4, 0.5) is 5.69 Å². The zero-order chi connectivity index (χ0) is 14.9. The second-order valence-electron chi connectivity index (χ2n) is 4.66. The van der Waals surface area contributed by atoms with Crippen molar-refractivity contribution in [3.63, 3.8) is 0 Å². The molecule has 110 valence electrons. The van der Waals surface area contributed by atoms with E-state index in [1.807, 2.05) is 23.9 Å². The molecule has 0 saturated carbocycles. The highest BCUT2D eigenvalue weighted by Crippen LogP contribution is 2.12. The van der Waals surface area contributed by atoms with Gasteiger partial charge in [-0.1, -0.05) is 29.8 Å². The molecule has 2 N–H and O–H groups in total. The molecule has 1 heterocycles. The van der Waals surface area contributed by atoms with Gasteiger partial charge in [-0.05, 0) is 36.8 Å². The Balaban J connectivity index is 1.60. The van der Waals surface area contributed by atoms with Gasteiger partial charge in [-0.15, -0.1) is 0 Å². The van der Waals surface area contributed by atoms with Gasteiger partial charge in [-0.25, -0.2) is 0 Å². The van der Waals surface area contributed by atoms with E-state index in [1.165, 1.54) is 11.1 Å². The molecule has 1 aromatic carbocycles. The molecule has 0 aliphatic rings. The van der Waals surface area contributed by atoms with Crippen LogP contribution in [0.2, 0.25) is 0 Å². The molecular formula is C16H19N3S2. The summed E-state index contributed by atoms with van der Waals surface area (Å²) in [6, 6.07) is 12.4. The monoisotopic (exact) mass is 317 g/mol. The molecule has 0 fully saturated rings. The topological polar surface area (TPSA) is 37.0 Å². The smallest absolute Gasteiger partial charge is 0.170 e. The number of thioether (sulfide) groups is 1. The van der Waals surface area contributed by atoms with Crippen LogP contribution in [-0.4, -0.2) is 22.4 Å². The summed E-state index contributed by atoms with van der Waals surface area (Å²) in [6.07, 6.45) is 3.49. The number of thiocarbonyl (C=S) groups is 1. The number of hydrogen-bond acceptors (Lipinski definition) is 3. The molecule has 2 rings (SSSR count). The summed E-state index contributed by atoms with van der Waals surface area (Å²) in [5.41, 5.74) is 3.59. The number of aromatic nitrogens is 1. The van der Waals surface area contributed by atoms with Crippen molar-refractivity contribution in [2.75, 3.05) is 17.6 Å². The van der Waals surface area contributed by atoms with Crippen molar-refractivity contribution in [3.8, 4) is 0 Å². The van der Waals surface area contributed by atoms with Crippen molar-refractivity contribution in [1.29, 1.82) is 0 Å². The SMILES string of the molecule is Cc1cccc(CSCCNC(=S)Nc2cccnc2)c1. The molecule has 0 aliphatic heterocycles. The summed E-state index contributed by atoms with van der Waals surface area (Å²) in [5.74, 6) is 2.05. The molecule has 0 spiro atoms. The minimum Gasteiger partial charge on any atom is -0.362 e. The Morgan fingerprint density at radius 3 is 2.95 bits per heavy atom. The number of nitrogens with one attached hydrogen (secondary N) is 2. The first-order chi connectivity index (χ1) is 10.2. The Labute approximate surface area is 135 Å².